The summed E-state index contributed by atoms with van der Waals surface area (Å²) in [4.78, 5) is 12.2. The number of anilines is 1. The Hall–Kier alpha value is -1.96. The van der Waals surface area contributed by atoms with E-state index in [0.717, 1.165) is 10.2 Å². The third kappa shape index (κ3) is 6.45. The predicted octanol–water partition coefficient (Wildman–Crippen LogP) is 3.99. The van der Waals surface area contributed by atoms with Crippen LogP contribution in [0.5, 0.6) is 5.75 Å². The molecule has 0 unspecified atom stereocenters. The van der Waals surface area contributed by atoms with Gasteiger partial charge in [0, 0.05) is 16.6 Å². The molecule has 0 aliphatic rings. The zero-order valence-corrected chi connectivity index (χ0v) is 16.2. The van der Waals surface area contributed by atoms with Gasteiger partial charge in [0.05, 0.1) is 12.3 Å². The second kappa shape index (κ2) is 10.1. The summed E-state index contributed by atoms with van der Waals surface area (Å²) in [5.41, 5.74) is 1.28. The highest BCUT2D eigenvalue weighted by Gasteiger charge is 2.09. The molecule has 0 atom stereocenters. The van der Waals surface area contributed by atoms with E-state index < -0.39 is 0 Å². The third-order valence-corrected chi connectivity index (χ3v) is 4.06. The van der Waals surface area contributed by atoms with Gasteiger partial charge >= 0.3 is 0 Å². The van der Waals surface area contributed by atoms with Crippen molar-refractivity contribution in [2.75, 3.05) is 25.1 Å². The van der Waals surface area contributed by atoms with E-state index in [1.165, 1.54) is 0 Å². The lowest BCUT2D eigenvalue weighted by atomic mass is 10.2. The maximum atomic E-state index is 12.2. The number of halogens is 1. The van der Waals surface area contributed by atoms with Crippen LogP contribution in [0.15, 0.2) is 53.0 Å². The number of para-hydroxylation sites is 1. The first-order chi connectivity index (χ1) is 12.1. The Labute approximate surface area is 160 Å². The van der Waals surface area contributed by atoms with Gasteiger partial charge in [-0.3, -0.25) is 10.1 Å². The quantitative estimate of drug-likeness (QED) is 0.521. The van der Waals surface area contributed by atoms with Crippen molar-refractivity contribution in [3.63, 3.8) is 0 Å². The molecule has 2 aromatic rings. The first-order valence-electron chi connectivity index (χ1n) is 7.77. The van der Waals surface area contributed by atoms with E-state index in [1.807, 2.05) is 31.2 Å². The van der Waals surface area contributed by atoms with Crippen LogP contribution in [-0.4, -0.2) is 30.8 Å². The standard InChI is InChI=1S/C18H19BrN2O3S/c1-2-23-11-12-24-14-9-7-13(8-10-14)17(22)21-18(25)20-16-6-4-3-5-15(16)19/h3-10H,2,11-12H2,1H3,(H2,20,21,22,25). The number of rotatable bonds is 7. The van der Waals surface area contributed by atoms with E-state index >= 15 is 0 Å². The van der Waals surface area contributed by atoms with E-state index in [1.54, 1.807) is 24.3 Å². The number of thiocarbonyl (C=S) groups is 1. The lowest BCUT2D eigenvalue weighted by Crippen LogP contribution is -2.34. The van der Waals surface area contributed by atoms with Crippen LogP contribution < -0.4 is 15.4 Å². The number of ether oxygens (including phenoxy) is 2. The normalized spacial score (nSPS) is 10.2. The van der Waals surface area contributed by atoms with Crippen LogP contribution in [0.3, 0.4) is 0 Å². The van der Waals surface area contributed by atoms with E-state index in [0.29, 0.717) is 31.1 Å². The molecule has 0 spiro atoms. The van der Waals surface area contributed by atoms with Gasteiger partial charge in [0.1, 0.15) is 12.4 Å². The lowest BCUT2D eigenvalue weighted by molar-refractivity contribution is 0.0977. The average Bonchev–Trinajstić information content (AvgIpc) is 2.61. The first kappa shape index (κ1) is 19.4. The SMILES string of the molecule is CCOCCOc1ccc(C(=O)NC(=S)Nc2ccccc2Br)cc1. The summed E-state index contributed by atoms with van der Waals surface area (Å²) in [6.45, 7) is 3.60. The van der Waals surface area contributed by atoms with Gasteiger partial charge in [0.2, 0.25) is 0 Å². The molecule has 0 bridgehead atoms. The summed E-state index contributed by atoms with van der Waals surface area (Å²) in [7, 11) is 0. The number of nitrogens with one attached hydrogen (secondary N) is 2. The van der Waals surface area contributed by atoms with E-state index in [-0.39, 0.29) is 11.0 Å². The smallest absolute Gasteiger partial charge is 0.257 e. The van der Waals surface area contributed by atoms with Gasteiger partial charge in [0.25, 0.3) is 5.91 Å². The second-order valence-electron chi connectivity index (χ2n) is 4.96. The summed E-state index contributed by atoms with van der Waals surface area (Å²) in [6.07, 6.45) is 0. The molecule has 5 nitrogen and oxygen atoms in total. The molecule has 7 heteroatoms. The van der Waals surface area contributed by atoms with E-state index in [2.05, 4.69) is 26.6 Å². The van der Waals surface area contributed by atoms with Crippen molar-refractivity contribution in [3.05, 3.63) is 58.6 Å². The largest absolute Gasteiger partial charge is 0.491 e. The minimum atomic E-state index is -0.287. The van der Waals surface area contributed by atoms with Crippen molar-refractivity contribution in [2.45, 2.75) is 6.92 Å². The van der Waals surface area contributed by atoms with E-state index in [4.69, 9.17) is 21.7 Å². The fourth-order valence-electron chi connectivity index (χ4n) is 1.96. The molecule has 0 heterocycles. The van der Waals surface area contributed by atoms with Crippen molar-refractivity contribution in [3.8, 4) is 5.75 Å². The molecule has 132 valence electrons. The molecule has 0 radical (unpaired) electrons. The highest BCUT2D eigenvalue weighted by Crippen LogP contribution is 2.21. The maximum Gasteiger partial charge on any atom is 0.257 e. The Balaban J connectivity index is 1.85. The molecule has 0 saturated carbocycles. The van der Waals surface area contributed by atoms with Gasteiger partial charge in [-0.15, -0.1) is 0 Å². The Bertz CT molecular complexity index is 723. The van der Waals surface area contributed by atoms with Gasteiger partial charge in [0.15, 0.2) is 5.11 Å². The summed E-state index contributed by atoms with van der Waals surface area (Å²) < 4.78 is 11.6. The molecule has 0 aromatic heterocycles. The van der Waals surface area contributed by atoms with Crippen LogP contribution in [0.25, 0.3) is 0 Å². The average molecular weight is 423 g/mol. The fraction of sp³-hybridized carbons (Fsp3) is 0.222. The van der Waals surface area contributed by atoms with Crippen LogP contribution in [0, 0.1) is 0 Å². The Morgan fingerprint density at radius 1 is 1.12 bits per heavy atom. The Kier molecular flexibility index (Phi) is 7.84. The fourth-order valence-corrected chi connectivity index (χ4v) is 2.54. The summed E-state index contributed by atoms with van der Waals surface area (Å²) in [5, 5.41) is 5.86. The van der Waals surface area contributed by atoms with Gasteiger partial charge in [-0.2, -0.15) is 0 Å². The minimum Gasteiger partial charge on any atom is -0.491 e. The molecule has 2 N–H and O–H groups in total. The first-order valence-corrected chi connectivity index (χ1v) is 8.97. The summed E-state index contributed by atoms with van der Waals surface area (Å²) in [5.74, 6) is 0.399. The number of benzene rings is 2. The molecule has 2 rings (SSSR count). The van der Waals surface area contributed by atoms with Crippen molar-refractivity contribution in [1.82, 2.24) is 5.32 Å². The van der Waals surface area contributed by atoms with Crippen LogP contribution in [-0.2, 0) is 4.74 Å². The molecule has 0 fully saturated rings. The number of carbonyl (C=O) groups excluding carboxylic acids is 1. The highest BCUT2D eigenvalue weighted by molar-refractivity contribution is 9.10. The number of amides is 1. The van der Waals surface area contributed by atoms with Crippen LogP contribution >= 0.6 is 28.1 Å². The number of hydrogen-bond acceptors (Lipinski definition) is 4. The number of hydrogen-bond donors (Lipinski definition) is 2. The molecule has 0 aliphatic carbocycles. The second-order valence-corrected chi connectivity index (χ2v) is 6.22. The van der Waals surface area contributed by atoms with Gasteiger partial charge in [-0.05, 0) is 71.5 Å². The van der Waals surface area contributed by atoms with Crippen LogP contribution in [0.1, 0.15) is 17.3 Å². The third-order valence-electron chi connectivity index (χ3n) is 3.17. The van der Waals surface area contributed by atoms with Gasteiger partial charge in [-0.1, -0.05) is 12.1 Å². The van der Waals surface area contributed by atoms with Gasteiger partial charge < -0.3 is 14.8 Å². The van der Waals surface area contributed by atoms with Crippen molar-refractivity contribution < 1.29 is 14.3 Å². The predicted molar refractivity (Wildman–Crippen MR) is 106 cm³/mol. The molecular formula is C18H19BrN2O3S. The Morgan fingerprint density at radius 3 is 2.52 bits per heavy atom. The topological polar surface area (TPSA) is 59.6 Å². The highest BCUT2D eigenvalue weighted by atomic mass is 79.9. The molecule has 2 aromatic carbocycles. The van der Waals surface area contributed by atoms with Crippen molar-refractivity contribution >= 4 is 44.9 Å². The lowest BCUT2D eigenvalue weighted by Gasteiger charge is -2.11. The van der Waals surface area contributed by atoms with Gasteiger partial charge in [-0.25, -0.2) is 0 Å². The Morgan fingerprint density at radius 2 is 1.84 bits per heavy atom. The molecular weight excluding hydrogens is 404 g/mol. The maximum absolute atomic E-state index is 12.2. The van der Waals surface area contributed by atoms with Crippen LogP contribution in [0.4, 0.5) is 5.69 Å². The van der Waals surface area contributed by atoms with Crippen LogP contribution in [0.2, 0.25) is 0 Å². The zero-order valence-electron chi connectivity index (χ0n) is 13.8. The summed E-state index contributed by atoms with van der Waals surface area (Å²) in [6, 6.07) is 14.4. The van der Waals surface area contributed by atoms with Crippen molar-refractivity contribution in [1.29, 1.82) is 0 Å². The van der Waals surface area contributed by atoms with E-state index in [9.17, 15) is 4.79 Å². The van der Waals surface area contributed by atoms with Crippen molar-refractivity contribution in [2.24, 2.45) is 0 Å². The minimum absolute atomic E-state index is 0.231. The molecule has 1 amide bonds. The molecule has 25 heavy (non-hydrogen) atoms. The molecule has 0 saturated heterocycles. The zero-order chi connectivity index (χ0) is 18.1. The monoisotopic (exact) mass is 422 g/mol. The summed E-state index contributed by atoms with van der Waals surface area (Å²) >= 11 is 8.59. The number of carbonyl (C=O) groups is 1. The molecule has 0 aliphatic heterocycles.